The van der Waals surface area contributed by atoms with Crippen molar-refractivity contribution in [2.24, 2.45) is 0 Å². The van der Waals surface area contributed by atoms with Crippen LogP contribution in [0.25, 0.3) is 11.4 Å². The van der Waals surface area contributed by atoms with Gasteiger partial charge in [-0.15, -0.1) is 0 Å². The molecule has 1 atom stereocenters. The summed E-state index contributed by atoms with van der Waals surface area (Å²) in [5, 5.41) is 4.04. The van der Waals surface area contributed by atoms with Crippen molar-refractivity contribution in [3.05, 3.63) is 95.9 Å². The van der Waals surface area contributed by atoms with Gasteiger partial charge in [-0.25, -0.2) is 8.78 Å². The van der Waals surface area contributed by atoms with Gasteiger partial charge in [0.25, 0.3) is 0 Å². The normalized spacial score (nSPS) is 15.8. The van der Waals surface area contributed by atoms with Crippen LogP contribution in [0, 0.1) is 11.6 Å². The third kappa shape index (κ3) is 4.45. The van der Waals surface area contributed by atoms with Crippen molar-refractivity contribution >= 4 is 11.6 Å². The third-order valence-electron chi connectivity index (χ3n) is 5.49. The maximum atomic E-state index is 13.6. The van der Waals surface area contributed by atoms with Gasteiger partial charge in [0, 0.05) is 30.3 Å². The van der Waals surface area contributed by atoms with Crippen LogP contribution in [0.4, 0.5) is 14.5 Å². The van der Waals surface area contributed by atoms with E-state index in [1.165, 1.54) is 11.0 Å². The Balaban J connectivity index is 1.25. The van der Waals surface area contributed by atoms with Crippen molar-refractivity contribution in [2.75, 3.05) is 11.4 Å². The highest BCUT2D eigenvalue weighted by Crippen LogP contribution is 2.32. The molecule has 0 aliphatic carbocycles. The summed E-state index contributed by atoms with van der Waals surface area (Å²) in [6, 6.07) is 20.6. The molecule has 0 saturated carbocycles. The maximum Gasteiger partial charge on any atom is 0.232 e. The number of ether oxygens (including phenoxy) is 1. The molecule has 0 N–H and O–H groups in total. The van der Waals surface area contributed by atoms with Crippen LogP contribution in [0.3, 0.4) is 0 Å². The van der Waals surface area contributed by atoms with E-state index in [1.54, 1.807) is 0 Å². The number of benzene rings is 3. The zero-order chi connectivity index (χ0) is 22.8. The van der Waals surface area contributed by atoms with Crippen molar-refractivity contribution < 1.29 is 22.8 Å². The average molecular weight is 447 g/mol. The lowest BCUT2D eigenvalue weighted by Crippen LogP contribution is -2.24. The maximum absolute atomic E-state index is 13.6. The summed E-state index contributed by atoms with van der Waals surface area (Å²) in [4.78, 5) is 18.3. The van der Waals surface area contributed by atoms with Gasteiger partial charge in [-0.1, -0.05) is 35.5 Å². The van der Waals surface area contributed by atoms with Crippen LogP contribution in [-0.2, 0) is 11.4 Å². The Bertz CT molecular complexity index is 1280. The Morgan fingerprint density at radius 1 is 1.00 bits per heavy atom. The topological polar surface area (TPSA) is 68.5 Å². The molecule has 0 radical (unpaired) electrons. The Kier molecular flexibility index (Phi) is 5.56. The predicted molar refractivity (Wildman–Crippen MR) is 117 cm³/mol. The van der Waals surface area contributed by atoms with Crippen molar-refractivity contribution in [3.8, 4) is 17.1 Å². The van der Waals surface area contributed by atoms with Gasteiger partial charge in [0.2, 0.25) is 17.6 Å². The number of nitrogens with zero attached hydrogens (tertiary/aromatic N) is 3. The second kappa shape index (κ2) is 8.82. The first-order valence-electron chi connectivity index (χ1n) is 10.4. The van der Waals surface area contributed by atoms with Gasteiger partial charge in [-0.05, 0) is 42.0 Å². The van der Waals surface area contributed by atoms with Crippen LogP contribution in [0.2, 0.25) is 0 Å². The molecule has 1 fully saturated rings. The minimum absolute atomic E-state index is 0.146. The Morgan fingerprint density at radius 2 is 1.79 bits per heavy atom. The van der Waals surface area contributed by atoms with E-state index >= 15 is 0 Å². The van der Waals surface area contributed by atoms with Gasteiger partial charge in [-0.2, -0.15) is 4.98 Å². The first kappa shape index (κ1) is 20.8. The zero-order valence-electron chi connectivity index (χ0n) is 17.4. The molecule has 166 valence electrons. The number of hydrogen-bond donors (Lipinski definition) is 0. The largest absolute Gasteiger partial charge is 0.489 e. The van der Waals surface area contributed by atoms with E-state index in [4.69, 9.17) is 9.26 Å². The highest BCUT2D eigenvalue weighted by atomic mass is 19.2. The summed E-state index contributed by atoms with van der Waals surface area (Å²) in [5.41, 5.74) is 2.12. The van der Waals surface area contributed by atoms with E-state index in [0.29, 0.717) is 24.0 Å². The van der Waals surface area contributed by atoms with Crippen molar-refractivity contribution in [1.29, 1.82) is 0 Å². The summed E-state index contributed by atoms with van der Waals surface area (Å²) < 4.78 is 38.0. The average Bonchev–Trinajstić information content (AvgIpc) is 3.48. The fourth-order valence-corrected chi connectivity index (χ4v) is 3.73. The number of halogens is 2. The van der Waals surface area contributed by atoms with Crippen LogP contribution in [0.1, 0.15) is 23.8 Å². The molecule has 8 heteroatoms. The molecule has 1 saturated heterocycles. The molecule has 4 aromatic rings. The lowest BCUT2D eigenvalue weighted by atomic mass is 10.1. The molecule has 1 aliphatic rings. The first-order chi connectivity index (χ1) is 16.1. The van der Waals surface area contributed by atoms with Gasteiger partial charge >= 0.3 is 0 Å². The van der Waals surface area contributed by atoms with Gasteiger partial charge in [0.15, 0.2) is 11.6 Å². The van der Waals surface area contributed by atoms with Gasteiger partial charge in [-0.3, -0.25) is 4.79 Å². The van der Waals surface area contributed by atoms with Gasteiger partial charge < -0.3 is 14.2 Å². The van der Waals surface area contributed by atoms with E-state index in [0.717, 1.165) is 29.0 Å². The molecule has 5 rings (SSSR count). The SMILES string of the molecule is O=C1CC(c2nc(-c3ccc(OCc4ccccc4)cc3)no2)CN1c1ccc(F)c(F)c1. The molecule has 1 aromatic heterocycles. The number of anilines is 1. The quantitative estimate of drug-likeness (QED) is 0.411. The van der Waals surface area contributed by atoms with Crippen LogP contribution < -0.4 is 9.64 Å². The van der Waals surface area contributed by atoms with Gasteiger partial charge in [0.1, 0.15) is 12.4 Å². The molecule has 1 aliphatic heterocycles. The number of carbonyl (C=O) groups excluding carboxylic acids is 1. The summed E-state index contributed by atoms with van der Waals surface area (Å²) in [5.74, 6) is -1.06. The molecule has 2 heterocycles. The number of aromatic nitrogens is 2. The van der Waals surface area contributed by atoms with E-state index in [2.05, 4.69) is 10.1 Å². The minimum Gasteiger partial charge on any atom is -0.489 e. The molecule has 3 aromatic carbocycles. The Morgan fingerprint density at radius 3 is 2.55 bits per heavy atom. The monoisotopic (exact) mass is 447 g/mol. The molecule has 6 nitrogen and oxygen atoms in total. The van der Waals surface area contributed by atoms with Crippen molar-refractivity contribution in [3.63, 3.8) is 0 Å². The Hall–Kier alpha value is -4.07. The molecule has 0 bridgehead atoms. The van der Waals surface area contributed by atoms with Crippen LogP contribution in [0.15, 0.2) is 77.3 Å². The highest BCUT2D eigenvalue weighted by molar-refractivity contribution is 5.96. The second-order valence-corrected chi connectivity index (χ2v) is 7.76. The lowest BCUT2D eigenvalue weighted by Gasteiger charge is -2.16. The van der Waals surface area contributed by atoms with Crippen LogP contribution >= 0.6 is 0 Å². The summed E-state index contributed by atoms with van der Waals surface area (Å²) in [7, 11) is 0. The first-order valence-corrected chi connectivity index (χ1v) is 10.4. The molecular weight excluding hydrogens is 428 g/mol. The lowest BCUT2D eigenvalue weighted by molar-refractivity contribution is -0.117. The van der Waals surface area contributed by atoms with Crippen LogP contribution in [0.5, 0.6) is 5.75 Å². The van der Waals surface area contributed by atoms with Crippen molar-refractivity contribution in [1.82, 2.24) is 10.1 Å². The molecule has 1 unspecified atom stereocenters. The second-order valence-electron chi connectivity index (χ2n) is 7.76. The smallest absolute Gasteiger partial charge is 0.232 e. The minimum atomic E-state index is -1.000. The Labute approximate surface area is 188 Å². The van der Waals surface area contributed by atoms with Gasteiger partial charge in [0.05, 0.1) is 5.92 Å². The van der Waals surface area contributed by atoms with E-state index < -0.39 is 11.6 Å². The number of amides is 1. The number of carbonyl (C=O) groups is 1. The summed E-state index contributed by atoms with van der Waals surface area (Å²) >= 11 is 0. The highest BCUT2D eigenvalue weighted by Gasteiger charge is 2.35. The molecule has 0 spiro atoms. The fraction of sp³-hybridized carbons (Fsp3) is 0.160. The van der Waals surface area contributed by atoms with Crippen LogP contribution in [-0.4, -0.2) is 22.6 Å². The standard InChI is InChI=1S/C25H19F2N3O3/c26-21-11-8-19(13-22(21)27)30-14-18(12-23(30)31)25-28-24(29-33-25)17-6-9-20(10-7-17)32-15-16-4-2-1-3-5-16/h1-11,13,18H,12,14-15H2. The number of hydrogen-bond acceptors (Lipinski definition) is 5. The molecule has 1 amide bonds. The van der Waals surface area contributed by atoms with E-state index in [-0.39, 0.29) is 24.8 Å². The fourth-order valence-electron chi connectivity index (χ4n) is 3.73. The van der Waals surface area contributed by atoms with E-state index in [9.17, 15) is 13.6 Å². The van der Waals surface area contributed by atoms with Crippen molar-refractivity contribution in [2.45, 2.75) is 18.9 Å². The predicted octanol–water partition coefficient (Wildman–Crippen LogP) is 5.11. The zero-order valence-corrected chi connectivity index (χ0v) is 17.4. The van der Waals surface area contributed by atoms with E-state index in [1.807, 2.05) is 54.6 Å². The molecular formula is C25H19F2N3O3. The molecule has 33 heavy (non-hydrogen) atoms. The third-order valence-corrected chi connectivity index (χ3v) is 5.49. The number of rotatable bonds is 6. The summed E-state index contributed by atoms with van der Waals surface area (Å²) in [6.07, 6.45) is 0.146. The summed E-state index contributed by atoms with van der Waals surface area (Å²) in [6.45, 7) is 0.717.